The van der Waals surface area contributed by atoms with E-state index in [1.54, 1.807) is 0 Å². The molecule has 1 aliphatic heterocycles. The molecule has 3 N–H and O–H groups in total. The molecule has 0 bridgehead atoms. The minimum Gasteiger partial charge on any atom is -0.481 e. The second-order valence-electron chi connectivity index (χ2n) is 3.41. The fraction of sp³-hybridized carbons (Fsp3) is 0.857. The van der Waals surface area contributed by atoms with Gasteiger partial charge in [-0.2, -0.15) is 0 Å². The average Bonchev–Trinajstić information content (AvgIpc) is 1.93. The van der Waals surface area contributed by atoms with Crippen LogP contribution in [0.15, 0.2) is 0 Å². The van der Waals surface area contributed by atoms with Gasteiger partial charge >= 0.3 is 5.97 Å². The summed E-state index contributed by atoms with van der Waals surface area (Å²) in [7, 11) is -2.36. The third-order valence-electron chi connectivity index (χ3n) is 2.28. The van der Waals surface area contributed by atoms with Crippen LogP contribution < -0.4 is 0 Å². The number of nitrogens with one attached hydrogen (secondary N) is 1. The Balaban J connectivity index is 2.36. The van der Waals surface area contributed by atoms with Gasteiger partial charge in [-0.1, -0.05) is 0 Å². The number of hydrogen-bond donors (Lipinski definition) is 4. The zero-order valence-corrected chi connectivity index (χ0v) is 7.76. The van der Waals surface area contributed by atoms with Crippen LogP contribution in [0.1, 0.15) is 19.3 Å². The molecular weight excluding hydrogens is 178 g/mol. The Hall–Kier alpha value is -0.420. The van der Waals surface area contributed by atoms with Gasteiger partial charge in [-0.15, -0.1) is 10.1 Å². The summed E-state index contributed by atoms with van der Waals surface area (Å²) in [6, 6.07) is 0. The summed E-state index contributed by atoms with van der Waals surface area (Å²) in [6.07, 6.45) is 1.61. The SMILES string of the molecule is N=[SH]1(O)CCC(CC(=O)O)CC1. The van der Waals surface area contributed by atoms with Crippen molar-refractivity contribution >= 4 is 16.1 Å². The fourth-order valence-corrected chi connectivity index (χ4v) is 3.31. The number of carboxylic acid groups (broad SMARTS) is 1. The zero-order chi connectivity index (χ0) is 9.19. The van der Waals surface area contributed by atoms with E-state index in [9.17, 15) is 9.35 Å². The van der Waals surface area contributed by atoms with Gasteiger partial charge in [0, 0.05) is 17.9 Å². The summed E-state index contributed by atoms with van der Waals surface area (Å²) >= 11 is 0. The highest BCUT2D eigenvalue weighted by Gasteiger charge is 2.22. The van der Waals surface area contributed by atoms with Crippen LogP contribution in [0.25, 0.3) is 0 Å². The Bertz CT molecular complexity index is 217. The van der Waals surface area contributed by atoms with E-state index in [1.807, 2.05) is 0 Å². The number of carboxylic acids is 1. The number of hydrogen-bond acceptors (Lipinski definition) is 2. The van der Waals surface area contributed by atoms with Crippen LogP contribution in [0.2, 0.25) is 0 Å². The Morgan fingerprint density at radius 2 is 2.00 bits per heavy atom. The molecule has 0 radical (unpaired) electrons. The zero-order valence-electron chi connectivity index (χ0n) is 6.86. The van der Waals surface area contributed by atoms with E-state index >= 15 is 0 Å². The van der Waals surface area contributed by atoms with Crippen LogP contribution in [0.5, 0.6) is 0 Å². The lowest BCUT2D eigenvalue weighted by atomic mass is 9.99. The molecule has 4 nitrogen and oxygen atoms in total. The molecule has 0 unspecified atom stereocenters. The molecule has 5 heteroatoms. The highest BCUT2D eigenvalue weighted by atomic mass is 32.3. The fourth-order valence-electron chi connectivity index (χ4n) is 1.50. The van der Waals surface area contributed by atoms with Crippen molar-refractivity contribution in [1.82, 2.24) is 0 Å². The molecule has 1 rings (SSSR count). The van der Waals surface area contributed by atoms with E-state index in [-0.39, 0.29) is 12.3 Å². The molecule has 1 saturated heterocycles. The largest absolute Gasteiger partial charge is 0.481 e. The summed E-state index contributed by atoms with van der Waals surface area (Å²) in [5.74, 6) is 0.456. The van der Waals surface area contributed by atoms with Crippen molar-refractivity contribution in [3.63, 3.8) is 0 Å². The number of thiol groups is 1. The number of aliphatic carboxylic acids is 1. The first-order chi connectivity index (χ1) is 5.49. The van der Waals surface area contributed by atoms with Crippen LogP contribution in [-0.2, 0) is 14.9 Å². The molecule has 1 fully saturated rings. The molecule has 12 heavy (non-hydrogen) atoms. The monoisotopic (exact) mass is 193 g/mol. The van der Waals surface area contributed by atoms with Gasteiger partial charge in [0.05, 0.1) is 0 Å². The number of rotatable bonds is 2. The normalized spacial score (nSPS) is 30.9. The van der Waals surface area contributed by atoms with E-state index in [2.05, 4.69) is 0 Å². The predicted octanol–water partition coefficient (Wildman–Crippen LogP) is 0.993. The van der Waals surface area contributed by atoms with Crippen molar-refractivity contribution in [3.05, 3.63) is 0 Å². The standard InChI is InChI=1S/C7H15NO3S/c8-12(11)3-1-6(2-4-12)5-7(9)10/h6,12H,1-5H2,(H2,8,11)(H,9,10). The minimum absolute atomic E-state index is 0.188. The average molecular weight is 193 g/mol. The van der Waals surface area contributed by atoms with E-state index in [4.69, 9.17) is 9.89 Å². The Kier molecular flexibility index (Phi) is 2.85. The lowest BCUT2D eigenvalue weighted by Crippen LogP contribution is -2.28. The molecule has 0 amide bonds. The van der Waals surface area contributed by atoms with Gasteiger partial charge in [0.1, 0.15) is 0 Å². The third kappa shape index (κ3) is 2.91. The van der Waals surface area contributed by atoms with E-state index in [0.29, 0.717) is 24.3 Å². The number of carbonyl (C=O) groups is 1. The summed E-state index contributed by atoms with van der Waals surface area (Å²) < 4.78 is 16.8. The van der Waals surface area contributed by atoms with Crippen molar-refractivity contribution < 1.29 is 14.5 Å². The molecule has 72 valence electrons. The first-order valence-electron chi connectivity index (χ1n) is 4.06. The molecule has 0 aliphatic carbocycles. The molecule has 0 aromatic rings. The first kappa shape index (κ1) is 9.67. The van der Waals surface area contributed by atoms with Gasteiger partial charge in [0.2, 0.25) is 0 Å². The van der Waals surface area contributed by atoms with Crippen molar-refractivity contribution in [1.29, 1.82) is 4.78 Å². The molecule has 0 spiro atoms. The van der Waals surface area contributed by atoms with Gasteiger partial charge in [0.15, 0.2) is 0 Å². The molecule has 0 aromatic heterocycles. The maximum Gasteiger partial charge on any atom is 0.303 e. The van der Waals surface area contributed by atoms with E-state index in [0.717, 1.165) is 0 Å². The molecule has 1 aliphatic rings. The topological polar surface area (TPSA) is 81.4 Å². The highest BCUT2D eigenvalue weighted by molar-refractivity contribution is 7.98. The van der Waals surface area contributed by atoms with Gasteiger partial charge in [0.25, 0.3) is 0 Å². The molecule has 1 heterocycles. The smallest absolute Gasteiger partial charge is 0.303 e. The summed E-state index contributed by atoms with van der Waals surface area (Å²) in [5.41, 5.74) is 0. The minimum atomic E-state index is -2.36. The lowest BCUT2D eigenvalue weighted by Gasteiger charge is -2.30. The lowest BCUT2D eigenvalue weighted by molar-refractivity contribution is -0.138. The summed E-state index contributed by atoms with van der Waals surface area (Å²) in [6.45, 7) is 0. The maximum atomic E-state index is 10.3. The second kappa shape index (κ2) is 3.53. The van der Waals surface area contributed by atoms with Gasteiger partial charge in [-0.05, 0) is 18.8 Å². The first-order valence-corrected chi connectivity index (χ1v) is 6.17. The van der Waals surface area contributed by atoms with E-state index in [1.165, 1.54) is 0 Å². The molecular formula is C7H15NO3S. The molecule has 0 aromatic carbocycles. The third-order valence-corrected chi connectivity index (χ3v) is 4.27. The second-order valence-corrected chi connectivity index (χ2v) is 6.15. The summed E-state index contributed by atoms with van der Waals surface area (Å²) in [5, 5.41) is 8.50. The quantitative estimate of drug-likeness (QED) is 0.494. The van der Waals surface area contributed by atoms with Crippen LogP contribution >= 0.6 is 0 Å². The van der Waals surface area contributed by atoms with E-state index < -0.39 is 16.1 Å². The van der Waals surface area contributed by atoms with Crippen LogP contribution in [0.4, 0.5) is 0 Å². The summed E-state index contributed by atoms with van der Waals surface area (Å²) in [4.78, 5) is 10.3. The molecule has 0 saturated carbocycles. The van der Waals surface area contributed by atoms with Crippen LogP contribution in [0.3, 0.4) is 0 Å². The Morgan fingerprint density at radius 3 is 2.42 bits per heavy atom. The van der Waals surface area contributed by atoms with Gasteiger partial charge in [-0.3, -0.25) is 9.57 Å². The van der Waals surface area contributed by atoms with Crippen molar-refractivity contribution in [2.24, 2.45) is 5.92 Å². The van der Waals surface area contributed by atoms with Crippen molar-refractivity contribution in [2.75, 3.05) is 11.5 Å². The highest BCUT2D eigenvalue weighted by Crippen LogP contribution is 2.24. The van der Waals surface area contributed by atoms with Crippen LogP contribution in [-0.4, -0.2) is 27.1 Å². The van der Waals surface area contributed by atoms with Gasteiger partial charge < -0.3 is 9.66 Å². The maximum absolute atomic E-state index is 10.3. The predicted molar refractivity (Wildman–Crippen MR) is 48.8 cm³/mol. The Morgan fingerprint density at radius 1 is 1.50 bits per heavy atom. The Labute approximate surface area is 72.7 Å². The molecule has 0 atom stereocenters. The van der Waals surface area contributed by atoms with Crippen LogP contribution in [0, 0.1) is 10.7 Å². The van der Waals surface area contributed by atoms with Gasteiger partial charge in [-0.25, -0.2) is 0 Å². The van der Waals surface area contributed by atoms with Crippen molar-refractivity contribution in [3.8, 4) is 0 Å². The van der Waals surface area contributed by atoms with Crippen molar-refractivity contribution in [2.45, 2.75) is 19.3 Å².